The summed E-state index contributed by atoms with van der Waals surface area (Å²) in [6, 6.07) is 15.0. The van der Waals surface area contributed by atoms with Crippen molar-refractivity contribution in [3.63, 3.8) is 0 Å². The SMILES string of the molecule is CCCC(F)(I)c1cnn(-c2ccc(OC(c3ccc(C(=O)NCCC(=O)O)cc3)C3CCCC3)cc2)c1. The fourth-order valence-electron chi connectivity index (χ4n) is 4.84. The molecule has 2 unspecified atom stereocenters. The molecule has 38 heavy (non-hydrogen) atoms. The fraction of sp³-hybridized carbons (Fsp3) is 0.414. The lowest BCUT2D eigenvalue weighted by Crippen LogP contribution is -2.26. The average molecular weight is 634 g/mol. The summed E-state index contributed by atoms with van der Waals surface area (Å²) >= 11 is 1.85. The number of nitrogens with one attached hydrogen (secondary N) is 1. The lowest BCUT2D eigenvalue weighted by molar-refractivity contribution is -0.136. The molecule has 0 saturated heterocycles. The van der Waals surface area contributed by atoms with Gasteiger partial charge in [-0.05, 0) is 83.8 Å². The number of alkyl halides is 2. The standard InChI is InChI=1S/C29H33FIN3O4/c1-2-16-29(30,31)23-18-33-34(19-23)24-11-13-25(14-12-24)38-27(20-5-3-4-6-20)21-7-9-22(10-8-21)28(37)32-17-15-26(35)36/h7-14,18-20,27H,2-6,15-17H2,1H3,(H,32,37)(H,35,36). The summed E-state index contributed by atoms with van der Waals surface area (Å²) in [7, 11) is 0. The van der Waals surface area contributed by atoms with Crippen LogP contribution in [0.4, 0.5) is 4.39 Å². The van der Waals surface area contributed by atoms with Crippen LogP contribution in [0, 0.1) is 5.92 Å². The van der Waals surface area contributed by atoms with Crippen LogP contribution in [-0.4, -0.2) is 33.3 Å². The zero-order chi connectivity index (χ0) is 27.1. The zero-order valence-electron chi connectivity index (χ0n) is 21.4. The second-order valence-electron chi connectivity index (χ2n) is 9.73. The first kappa shape index (κ1) is 28.1. The Hall–Kier alpha value is -2.95. The van der Waals surface area contributed by atoms with Gasteiger partial charge in [0.1, 0.15) is 11.9 Å². The van der Waals surface area contributed by atoms with Gasteiger partial charge in [-0.25, -0.2) is 9.07 Å². The number of nitrogens with zero attached hydrogens (tertiary/aromatic N) is 2. The molecule has 1 amide bonds. The zero-order valence-corrected chi connectivity index (χ0v) is 23.6. The van der Waals surface area contributed by atoms with Crippen molar-refractivity contribution in [1.82, 2.24) is 15.1 Å². The van der Waals surface area contributed by atoms with Gasteiger partial charge in [0.25, 0.3) is 5.91 Å². The number of carboxylic acids is 1. The van der Waals surface area contributed by atoms with E-state index in [1.165, 1.54) is 12.8 Å². The minimum Gasteiger partial charge on any atom is -0.485 e. The molecule has 0 radical (unpaired) electrons. The molecule has 2 N–H and O–H groups in total. The topological polar surface area (TPSA) is 93.5 Å². The van der Waals surface area contributed by atoms with E-state index in [1.54, 1.807) is 29.2 Å². The molecule has 1 fully saturated rings. The number of aliphatic carboxylic acids is 1. The molecule has 0 aliphatic heterocycles. The largest absolute Gasteiger partial charge is 0.485 e. The fourth-order valence-corrected chi connectivity index (χ4v) is 5.66. The van der Waals surface area contributed by atoms with Gasteiger partial charge < -0.3 is 15.2 Å². The summed E-state index contributed by atoms with van der Waals surface area (Å²) in [4.78, 5) is 23.0. The van der Waals surface area contributed by atoms with Crippen LogP contribution in [0.25, 0.3) is 5.69 Å². The summed E-state index contributed by atoms with van der Waals surface area (Å²) < 4.78 is 21.6. The number of amides is 1. The van der Waals surface area contributed by atoms with Gasteiger partial charge in [0.05, 0.1) is 18.3 Å². The number of halogens is 2. The molecule has 0 spiro atoms. The van der Waals surface area contributed by atoms with Gasteiger partial charge in [-0.3, -0.25) is 9.59 Å². The molecular weight excluding hydrogens is 600 g/mol. The highest BCUT2D eigenvalue weighted by Gasteiger charge is 2.30. The molecule has 1 aromatic heterocycles. The Morgan fingerprint density at radius 3 is 2.50 bits per heavy atom. The molecule has 202 valence electrons. The quantitative estimate of drug-likeness (QED) is 0.170. The van der Waals surface area contributed by atoms with Crippen molar-refractivity contribution >= 4 is 34.5 Å². The Kier molecular flexibility index (Phi) is 9.40. The summed E-state index contributed by atoms with van der Waals surface area (Å²) in [5, 5.41) is 15.7. The van der Waals surface area contributed by atoms with E-state index in [1.807, 2.05) is 65.9 Å². The number of ether oxygens (including phenoxy) is 1. The van der Waals surface area contributed by atoms with E-state index in [-0.39, 0.29) is 25.0 Å². The number of hydrogen-bond acceptors (Lipinski definition) is 4. The van der Waals surface area contributed by atoms with Gasteiger partial charge in [0.2, 0.25) is 0 Å². The molecule has 0 bridgehead atoms. The van der Waals surface area contributed by atoms with Gasteiger partial charge in [-0.1, -0.05) is 38.3 Å². The Morgan fingerprint density at radius 1 is 1.18 bits per heavy atom. The first-order valence-corrected chi connectivity index (χ1v) is 14.1. The van der Waals surface area contributed by atoms with E-state index in [2.05, 4.69) is 10.4 Å². The predicted molar refractivity (Wildman–Crippen MR) is 152 cm³/mol. The molecule has 1 aliphatic carbocycles. The van der Waals surface area contributed by atoms with Crippen LogP contribution in [0.15, 0.2) is 60.9 Å². The van der Waals surface area contributed by atoms with Gasteiger partial charge in [0.15, 0.2) is 3.68 Å². The smallest absolute Gasteiger partial charge is 0.305 e. The summed E-state index contributed by atoms with van der Waals surface area (Å²) in [6.45, 7) is 2.05. The molecule has 3 aromatic rings. The minimum absolute atomic E-state index is 0.0883. The Balaban J connectivity index is 1.46. The third-order valence-electron chi connectivity index (χ3n) is 6.89. The van der Waals surface area contributed by atoms with Crippen molar-refractivity contribution in [3.05, 3.63) is 77.6 Å². The molecule has 2 atom stereocenters. The second kappa shape index (κ2) is 12.7. The third kappa shape index (κ3) is 7.12. The molecule has 9 heteroatoms. The molecular formula is C29H33FIN3O4. The lowest BCUT2D eigenvalue weighted by Gasteiger charge is -2.25. The van der Waals surface area contributed by atoms with Gasteiger partial charge in [0, 0.05) is 29.8 Å². The number of carbonyl (C=O) groups excluding carboxylic acids is 1. The van der Waals surface area contributed by atoms with E-state index < -0.39 is 9.64 Å². The van der Waals surface area contributed by atoms with E-state index in [4.69, 9.17) is 9.84 Å². The third-order valence-corrected chi connectivity index (χ3v) is 8.05. The second-order valence-corrected chi connectivity index (χ2v) is 11.4. The minimum atomic E-state index is -1.43. The number of benzene rings is 2. The number of carboxylic acid groups (broad SMARTS) is 1. The van der Waals surface area contributed by atoms with Gasteiger partial charge in [-0.2, -0.15) is 5.10 Å². The maximum absolute atomic E-state index is 14.9. The molecule has 4 rings (SSSR count). The Labute approximate surface area is 235 Å². The summed E-state index contributed by atoms with van der Waals surface area (Å²) in [5.74, 6) is -0.142. The van der Waals surface area contributed by atoms with Crippen LogP contribution in [0.1, 0.15) is 79.5 Å². The van der Waals surface area contributed by atoms with E-state index >= 15 is 0 Å². The normalized spacial score (nSPS) is 16.1. The highest BCUT2D eigenvalue weighted by molar-refractivity contribution is 14.1. The number of carbonyl (C=O) groups is 2. The number of hydrogen-bond donors (Lipinski definition) is 2. The first-order chi connectivity index (χ1) is 18.3. The van der Waals surface area contributed by atoms with Crippen molar-refractivity contribution in [3.8, 4) is 11.4 Å². The van der Waals surface area contributed by atoms with Crippen molar-refractivity contribution in [1.29, 1.82) is 0 Å². The first-order valence-electron chi connectivity index (χ1n) is 13.1. The maximum Gasteiger partial charge on any atom is 0.305 e. The Bertz CT molecular complexity index is 1220. The van der Waals surface area contributed by atoms with E-state index in [9.17, 15) is 14.0 Å². The number of rotatable bonds is 12. The van der Waals surface area contributed by atoms with Crippen LogP contribution in [0.5, 0.6) is 5.75 Å². The van der Waals surface area contributed by atoms with Crippen molar-refractivity contribution in [2.45, 2.75) is 61.6 Å². The molecule has 7 nitrogen and oxygen atoms in total. The number of aromatic nitrogens is 2. The van der Waals surface area contributed by atoms with Crippen LogP contribution in [0.2, 0.25) is 0 Å². The highest BCUT2D eigenvalue weighted by atomic mass is 127. The van der Waals surface area contributed by atoms with Crippen LogP contribution in [-0.2, 0) is 8.47 Å². The molecule has 1 aliphatic rings. The lowest BCUT2D eigenvalue weighted by atomic mass is 9.93. The van der Waals surface area contributed by atoms with Crippen molar-refractivity contribution in [2.24, 2.45) is 5.92 Å². The molecule has 1 heterocycles. The average Bonchev–Trinajstić information content (AvgIpc) is 3.61. The summed E-state index contributed by atoms with van der Waals surface area (Å²) in [5.41, 5.74) is 2.86. The molecule has 2 aromatic carbocycles. The molecule has 1 saturated carbocycles. The van der Waals surface area contributed by atoms with Crippen molar-refractivity contribution < 1.29 is 23.8 Å². The monoisotopic (exact) mass is 633 g/mol. The van der Waals surface area contributed by atoms with Crippen LogP contribution < -0.4 is 10.1 Å². The van der Waals surface area contributed by atoms with E-state index in [0.29, 0.717) is 23.5 Å². The van der Waals surface area contributed by atoms with Crippen molar-refractivity contribution in [2.75, 3.05) is 6.54 Å². The van der Waals surface area contributed by atoms with Gasteiger partial charge >= 0.3 is 5.97 Å². The van der Waals surface area contributed by atoms with Crippen LogP contribution >= 0.6 is 22.6 Å². The van der Waals surface area contributed by atoms with Gasteiger partial charge in [-0.15, -0.1) is 0 Å². The van der Waals surface area contributed by atoms with E-state index in [0.717, 1.165) is 36.3 Å². The van der Waals surface area contributed by atoms with Crippen LogP contribution in [0.3, 0.4) is 0 Å². The summed E-state index contributed by atoms with van der Waals surface area (Å²) in [6.07, 6.45) is 8.73. The Morgan fingerprint density at radius 2 is 1.87 bits per heavy atom. The highest BCUT2D eigenvalue weighted by Crippen LogP contribution is 2.40. The maximum atomic E-state index is 14.9. The predicted octanol–water partition coefficient (Wildman–Crippen LogP) is 6.74.